The van der Waals surface area contributed by atoms with Gasteiger partial charge in [0.1, 0.15) is 0 Å². The first-order valence-electron chi connectivity index (χ1n) is 6.44. The number of aryl methyl sites for hydroxylation is 1. The van der Waals surface area contributed by atoms with E-state index in [-0.39, 0.29) is 7.92 Å². The third-order valence-corrected chi connectivity index (χ3v) is 6.96. The third kappa shape index (κ3) is 4.43. The molecule has 0 aliphatic rings. The molecule has 0 saturated heterocycles. The summed E-state index contributed by atoms with van der Waals surface area (Å²) in [5.41, 5.74) is 2.88. The molecular weight excluding hydrogens is 223 g/mol. The van der Waals surface area contributed by atoms with E-state index in [0.29, 0.717) is 10.3 Å². The maximum atomic E-state index is 2.39. The monoisotopic (exact) mass is 250 g/mol. The van der Waals surface area contributed by atoms with E-state index >= 15 is 0 Å². The van der Waals surface area contributed by atoms with Crippen LogP contribution in [0, 0.1) is 6.92 Å². The van der Waals surface area contributed by atoms with Gasteiger partial charge < -0.3 is 0 Å². The predicted octanol–water partition coefficient (Wildman–Crippen LogP) is 5.57. The minimum Gasteiger partial charge on any atom is -0.0911 e. The van der Waals surface area contributed by atoms with Gasteiger partial charge in [-0.25, -0.2) is 0 Å². The molecule has 0 unspecified atom stereocenters. The lowest BCUT2D eigenvalue weighted by atomic mass is 10.2. The Kier molecular flexibility index (Phi) is 4.42. The molecule has 1 rings (SSSR count). The molecule has 0 aromatic heterocycles. The van der Waals surface area contributed by atoms with Gasteiger partial charge in [0.25, 0.3) is 0 Å². The Morgan fingerprint density at radius 1 is 0.941 bits per heavy atom. The van der Waals surface area contributed by atoms with Crippen LogP contribution in [0.2, 0.25) is 0 Å². The Morgan fingerprint density at radius 2 is 1.47 bits per heavy atom. The summed E-state index contributed by atoms with van der Waals surface area (Å²) in [7, 11) is -0.0314. The van der Waals surface area contributed by atoms with Crippen LogP contribution >= 0.6 is 7.92 Å². The topological polar surface area (TPSA) is 0 Å². The highest BCUT2D eigenvalue weighted by Gasteiger charge is 2.33. The average Bonchev–Trinajstić information content (AvgIpc) is 2.10. The molecule has 0 nitrogen and oxygen atoms in total. The quantitative estimate of drug-likeness (QED) is 0.601. The third-order valence-electron chi connectivity index (χ3n) is 3.04. The Balaban J connectivity index is 2.96. The van der Waals surface area contributed by atoms with Gasteiger partial charge in [-0.05, 0) is 29.0 Å². The van der Waals surface area contributed by atoms with Crippen molar-refractivity contribution in [2.45, 2.75) is 64.9 Å². The van der Waals surface area contributed by atoms with Crippen molar-refractivity contribution in [3.05, 3.63) is 35.4 Å². The molecular formula is C16H27P. The Bertz CT molecular complexity index is 352. The van der Waals surface area contributed by atoms with Crippen molar-refractivity contribution in [1.82, 2.24) is 0 Å². The molecule has 0 amide bonds. The molecule has 0 atom stereocenters. The number of benzene rings is 1. The zero-order valence-corrected chi connectivity index (χ0v) is 13.4. The second kappa shape index (κ2) is 5.11. The Hall–Kier alpha value is -0.350. The first-order valence-corrected chi connectivity index (χ1v) is 7.97. The second-order valence-electron chi connectivity index (χ2n) is 6.92. The fourth-order valence-electron chi connectivity index (χ4n) is 2.47. The summed E-state index contributed by atoms with van der Waals surface area (Å²) in [4.78, 5) is 0. The Labute approximate surface area is 109 Å². The standard InChI is InChI=1S/C16H27P/c1-13-9-8-10-14(11-13)12-17(15(2,3)4)16(5,6)7/h8-11H,12H2,1-7H3. The van der Waals surface area contributed by atoms with Crippen molar-refractivity contribution in [2.75, 3.05) is 0 Å². The minimum atomic E-state index is -0.0314. The lowest BCUT2D eigenvalue weighted by Crippen LogP contribution is -2.25. The number of hydrogen-bond donors (Lipinski definition) is 0. The first kappa shape index (κ1) is 14.7. The van der Waals surface area contributed by atoms with E-state index in [0.717, 1.165) is 0 Å². The molecule has 0 bridgehead atoms. The Morgan fingerprint density at radius 3 is 1.88 bits per heavy atom. The fourth-order valence-corrected chi connectivity index (χ4v) is 6.00. The van der Waals surface area contributed by atoms with Crippen LogP contribution in [0.15, 0.2) is 24.3 Å². The van der Waals surface area contributed by atoms with E-state index in [1.165, 1.54) is 17.3 Å². The molecule has 1 heteroatoms. The van der Waals surface area contributed by atoms with E-state index in [9.17, 15) is 0 Å². The number of rotatable bonds is 2. The fraction of sp³-hybridized carbons (Fsp3) is 0.625. The molecule has 0 radical (unpaired) electrons. The van der Waals surface area contributed by atoms with Gasteiger partial charge in [0.05, 0.1) is 0 Å². The summed E-state index contributed by atoms with van der Waals surface area (Å²) in [5, 5.41) is 0.828. The van der Waals surface area contributed by atoms with Crippen molar-refractivity contribution >= 4 is 7.92 Å². The molecule has 0 fully saturated rings. The summed E-state index contributed by atoms with van der Waals surface area (Å²) in [6.45, 7) is 16.5. The predicted molar refractivity (Wildman–Crippen MR) is 81.3 cm³/mol. The molecule has 1 aromatic carbocycles. The van der Waals surface area contributed by atoms with Crippen LogP contribution in [0.3, 0.4) is 0 Å². The van der Waals surface area contributed by atoms with Gasteiger partial charge >= 0.3 is 0 Å². The van der Waals surface area contributed by atoms with E-state index in [4.69, 9.17) is 0 Å². The van der Waals surface area contributed by atoms with Gasteiger partial charge in [0.2, 0.25) is 0 Å². The molecule has 0 saturated carbocycles. The maximum absolute atomic E-state index is 2.39. The van der Waals surface area contributed by atoms with Gasteiger partial charge in [-0.2, -0.15) is 0 Å². The van der Waals surface area contributed by atoms with Gasteiger partial charge in [-0.3, -0.25) is 0 Å². The molecule has 0 aliphatic carbocycles. The minimum absolute atomic E-state index is 0.0314. The SMILES string of the molecule is Cc1cccc(CP(C(C)(C)C)C(C)(C)C)c1. The summed E-state index contributed by atoms with van der Waals surface area (Å²) >= 11 is 0. The highest BCUT2D eigenvalue weighted by molar-refractivity contribution is 7.60. The summed E-state index contributed by atoms with van der Waals surface area (Å²) < 4.78 is 0. The van der Waals surface area contributed by atoms with Gasteiger partial charge in [-0.1, -0.05) is 79.3 Å². The average molecular weight is 250 g/mol. The highest BCUT2D eigenvalue weighted by Crippen LogP contribution is 2.61. The van der Waals surface area contributed by atoms with Crippen LogP contribution in [-0.4, -0.2) is 10.3 Å². The highest BCUT2D eigenvalue weighted by atomic mass is 31.1. The van der Waals surface area contributed by atoms with Crippen LogP contribution in [0.25, 0.3) is 0 Å². The summed E-state index contributed by atoms with van der Waals surface area (Å²) in [5.74, 6) is 0. The lowest BCUT2D eigenvalue weighted by molar-refractivity contribution is 0.702. The van der Waals surface area contributed by atoms with Crippen LogP contribution in [0.5, 0.6) is 0 Å². The molecule has 0 spiro atoms. The second-order valence-corrected chi connectivity index (χ2v) is 10.8. The van der Waals surface area contributed by atoms with E-state index < -0.39 is 0 Å². The van der Waals surface area contributed by atoms with Gasteiger partial charge in [0.15, 0.2) is 0 Å². The van der Waals surface area contributed by atoms with Gasteiger partial charge in [0, 0.05) is 0 Å². The van der Waals surface area contributed by atoms with Gasteiger partial charge in [-0.15, -0.1) is 0 Å². The van der Waals surface area contributed by atoms with E-state index in [1.54, 1.807) is 0 Å². The van der Waals surface area contributed by atoms with Crippen LogP contribution in [0.1, 0.15) is 52.7 Å². The zero-order valence-electron chi connectivity index (χ0n) is 12.5. The summed E-state index contributed by atoms with van der Waals surface area (Å²) in [6.07, 6.45) is 1.24. The van der Waals surface area contributed by atoms with Crippen molar-refractivity contribution < 1.29 is 0 Å². The normalized spacial score (nSPS) is 13.2. The zero-order chi connectivity index (χ0) is 13.3. The molecule has 0 aliphatic heterocycles. The first-order chi connectivity index (χ1) is 7.60. The summed E-state index contributed by atoms with van der Waals surface area (Å²) in [6, 6.07) is 8.98. The molecule has 1 aromatic rings. The van der Waals surface area contributed by atoms with E-state index in [2.05, 4.69) is 72.7 Å². The van der Waals surface area contributed by atoms with Crippen LogP contribution in [0.4, 0.5) is 0 Å². The lowest BCUT2D eigenvalue weighted by Gasteiger charge is -2.41. The van der Waals surface area contributed by atoms with E-state index in [1.807, 2.05) is 0 Å². The van der Waals surface area contributed by atoms with Crippen molar-refractivity contribution in [3.8, 4) is 0 Å². The molecule has 17 heavy (non-hydrogen) atoms. The maximum Gasteiger partial charge on any atom is -0.00636 e. The van der Waals surface area contributed by atoms with Crippen molar-refractivity contribution in [3.63, 3.8) is 0 Å². The number of hydrogen-bond acceptors (Lipinski definition) is 0. The smallest absolute Gasteiger partial charge is 0.00636 e. The molecule has 96 valence electrons. The van der Waals surface area contributed by atoms with Crippen LogP contribution in [-0.2, 0) is 6.16 Å². The van der Waals surface area contributed by atoms with Crippen molar-refractivity contribution in [2.24, 2.45) is 0 Å². The largest absolute Gasteiger partial charge is 0.0911 e. The van der Waals surface area contributed by atoms with Crippen LogP contribution < -0.4 is 0 Å². The van der Waals surface area contributed by atoms with Crippen molar-refractivity contribution in [1.29, 1.82) is 0 Å². The molecule has 0 heterocycles. The molecule has 0 N–H and O–H groups in total.